The molecule has 28 heavy (non-hydrogen) atoms. The average molecular weight is 394 g/mol. The first-order chi connectivity index (χ1) is 13.2. The van der Waals surface area contributed by atoms with Crippen molar-refractivity contribution in [2.24, 2.45) is 0 Å². The Hall–Kier alpha value is -3.12. The van der Waals surface area contributed by atoms with Crippen LogP contribution in [0.2, 0.25) is 0 Å². The number of benzene rings is 3. The number of carbonyl (C=O) groups excluding carboxylic acids is 1. The van der Waals surface area contributed by atoms with Crippen LogP contribution in [0.25, 0.3) is 0 Å². The normalized spacial score (nSPS) is 11.1. The zero-order chi connectivity index (χ0) is 20.3. The minimum atomic E-state index is -3.72. The number of sulfonamides is 1. The fourth-order valence-corrected chi connectivity index (χ4v) is 3.73. The van der Waals surface area contributed by atoms with Gasteiger partial charge in [-0.25, -0.2) is 8.42 Å². The van der Waals surface area contributed by atoms with E-state index in [1.54, 1.807) is 42.5 Å². The molecule has 1 amide bonds. The molecule has 0 spiro atoms. The Balaban J connectivity index is 1.78. The minimum Gasteiger partial charge on any atom is -0.322 e. The van der Waals surface area contributed by atoms with Gasteiger partial charge in [0, 0.05) is 16.9 Å². The smallest absolute Gasteiger partial charge is 0.261 e. The van der Waals surface area contributed by atoms with Gasteiger partial charge in [-0.2, -0.15) is 0 Å². The van der Waals surface area contributed by atoms with Crippen molar-refractivity contribution in [1.29, 1.82) is 0 Å². The van der Waals surface area contributed by atoms with Gasteiger partial charge < -0.3 is 5.32 Å². The predicted molar refractivity (Wildman–Crippen MR) is 112 cm³/mol. The van der Waals surface area contributed by atoms with Crippen molar-refractivity contribution in [3.05, 3.63) is 89.0 Å². The fourth-order valence-electron chi connectivity index (χ4n) is 2.68. The highest BCUT2D eigenvalue weighted by atomic mass is 32.2. The molecule has 0 fully saturated rings. The lowest BCUT2D eigenvalue weighted by Crippen LogP contribution is -2.15. The monoisotopic (exact) mass is 394 g/mol. The van der Waals surface area contributed by atoms with E-state index in [0.29, 0.717) is 16.9 Å². The van der Waals surface area contributed by atoms with Crippen molar-refractivity contribution in [2.45, 2.75) is 25.7 Å². The molecule has 0 aromatic heterocycles. The third-order valence-electron chi connectivity index (χ3n) is 4.47. The maximum absolute atomic E-state index is 12.5. The first-order valence-corrected chi connectivity index (χ1v) is 10.3. The molecule has 3 aromatic carbocycles. The molecule has 0 heterocycles. The largest absolute Gasteiger partial charge is 0.322 e. The summed E-state index contributed by atoms with van der Waals surface area (Å²) in [7, 11) is -3.72. The Morgan fingerprint density at radius 2 is 1.50 bits per heavy atom. The summed E-state index contributed by atoms with van der Waals surface area (Å²) in [6.45, 7) is 5.87. The van der Waals surface area contributed by atoms with Crippen LogP contribution in [0.15, 0.2) is 71.6 Å². The maximum Gasteiger partial charge on any atom is 0.261 e. The SMILES string of the molecule is Cc1ccc(S(=O)(=O)Nc2cccc(C(=O)Nc3ccc(C)c(C)c3)c2)cc1. The summed E-state index contributed by atoms with van der Waals surface area (Å²) in [5.74, 6) is -0.306. The molecule has 5 nitrogen and oxygen atoms in total. The average Bonchev–Trinajstić information content (AvgIpc) is 2.65. The van der Waals surface area contributed by atoms with Crippen LogP contribution >= 0.6 is 0 Å². The second-order valence-corrected chi connectivity index (χ2v) is 8.43. The van der Waals surface area contributed by atoms with Gasteiger partial charge in [0.05, 0.1) is 4.90 Å². The number of amides is 1. The Morgan fingerprint density at radius 1 is 0.786 bits per heavy atom. The fraction of sp³-hybridized carbons (Fsp3) is 0.136. The first-order valence-electron chi connectivity index (χ1n) is 8.83. The Bertz CT molecular complexity index is 1120. The highest BCUT2D eigenvalue weighted by Gasteiger charge is 2.15. The maximum atomic E-state index is 12.5. The lowest BCUT2D eigenvalue weighted by molar-refractivity contribution is 0.102. The second-order valence-electron chi connectivity index (χ2n) is 6.75. The Kier molecular flexibility index (Phi) is 5.51. The minimum absolute atomic E-state index is 0.170. The van der Waals surface area contributed by atoms with Crippen LogP contribution in [-0.2, 0) is 10.0 Å². The summed E-state index contributed by atoms with van der Waals surface area (Å²) in [6, 6.07) is 18.7. The van der Waals surface area contributed by atoms with Gasteiger partial charge in [-0.1, -0.05) is 29.8 Å². The summed E-state index contributed by atoms with van der Waals surface area (Å²) in [5.41, 5.74) is 4.58. The van der Waals surface area contributed by atoms with Crippen LogP contribution in [0.4, 0.5) is 11.4 Å². The molecule has 144 valence electrons. The zero-order valence-electron chi connectivity index (χ0n) is 16.0. The Labute approximate surface area is 165 Å². The van der Waals surface area contributed by atoms with Gasteiger partial charge in [0.2, 0.25) is 0 Å². The van der Waals surface area contributed by atoms with Gasteiger partial charge in [-0.05, 0) is 74.4 Å². The number of hydrogen-bond donors (Lipinski definition) is 2. The summed E-state index contributed by atoms with van der Waals surface area (Å²) >= 11 is 0. The third kappa shape index (κ3) is 4.58. The van der Waals surface area contributed by atoms with Crippen molar-refractivity contribution < 1.29 is 13.2 Å². The van der Waals surface area contributed by atoms with Crippen molar-refractivity contribution >= 4 is 27.3 Å². The van der Waals surface area contributed by atoms with Crippen molar-refractivity contribution in [1.82, 2.24) is 0 Å². The van der Waals surface area contributed by atoms with Crippen LogP contribution in [0.3, 0.4) is 0 Å². The van der Waals surface area contributed by atoms with Crippen molar-refractivity contribution in [3.63, 3.8) is 0 Å². The molecule has 6 heteroatoms. The standard InChI is InChI=1S/C22H22N2O3S/c1-15-7-11-21(12-8-15)28(26,27)24-20-6-4-5-18(14-20)22(25)23-19-10-9-16(2)17(3)13-19/h4-14,24H,1-3H3,(H,23,25). The predicted octanol–water partition coefficient (Wildman–Crippen LogP) is 4.66. The summed E-state index contributed by atoms with van der Waals surface area (Å²) < 4.78 is 27.6. The van der Waals surface area contributed by atoms with E-state index in [1.165, 1.54) is 6.07 Å². The number of hydrogen-bond acceptors (Lipinski definition) is 3. The lowest BCUT2D eigenvalue weighted by Gasteiger charge is -2.11. The molecule has 0 radical (unpaired) electrons. The third-order valence-corrected chi connectivity index (χ3v) is 5.87. The lowest BCUT2D eigenvalue weighted by atomic mass is 10.1. The van der Waals surface area contributed by atoms with Gasteiger partial charge in [0.1, 0.15) is 0 Å². The molecular weight excluding hydrogens is 372 g/mol. The van der Waals surface area contributed by atoms with E-state index >= 15 is 0 Å². The summed E-state index contributed by atoms with van der Waals surface area (Å²) in [4.78, 5) is 12.7. The molecule has 0 saturated carbocycles. The van der Waals surface area contributed by atoms with E-state index in [1.807, 2.05) is 39.0 Å². The Morgan fingerprint density at radius 3 is 2.18 bits per heavy atom. The highest BCUT2D eigenvalue weighted by molar-refractivity contribution is 7.92. The topological polar surface area (TPSA) is 75.3 Å². The summed E-state index contributed by atoms with van der Waals surface area (Å²) in [5, 5.41) is 2.84. The molecule has 3 aromatic rings. The van der Waals surface area contributed by atoms with E-state index in [0.717, 1.165) is 16.7 Å². The van der Waals surface area contributed by atoms with Gasteiger partial charge in [0.25, 0.3) is 15.9 Å². The molecule has 0 atom stereocenters. The van der Waals surface area contributed by atoms with Crippen molar-refractivity contribution in [3.8, 4) is 0 Å². The zero-order valence-corrected chi connectivity index (χ0v) is 16.8. The number of anilines is 2. The van der Waals surface area contributed by atoms with E-state index in [9.17, 15) is 13.2 Å². The highest BCUT2D eigenvalue weighted by Crippen LogP contribution is 2.19. The van der Waals surface area contributed by atoms with E-state index in [2.05, 4.69) is 10.0 Å². The molecule has 0 unspecified atom stereocenters. The number of carbonyl (C=O) groups is 1. The number of nitrogens with one attached hydrogen (secondary N) is 2. The van der Waals surface area contributed by atoms with Crippen LogP contribution in [0.1, 0.15) is 27.0 Å². The van der Waals surface area contributed by atoms with E-state index < -0.39 is 10.0 Å². The van der Waals surface area contributed by atoms with Crippen molar-refractivity contribution in [2.75, 3.05) is 10.0 Å². The first kappa shape index (κ1) is 19.6. The van der Waals surface area contributed by atoms with E-state index in [4.69, 9.17) is 0 Å². The van der Waals surface area contributed by atoms with E-state index in [-0.39, 0.29) is 10.8 Å². The molecule has 0 saturated heterocycles. The van der Waals surface area contributed by atoms with Gasteiger partial charge >= 0.3 is 0 Å². The molecule has 0 aliphatic heterocycles. The molecular formula is C22H22N2O3S. The molecule has 2 N–H and O–H groups in total. The number of rotatable bonds is 5. The number of aryl methyl sites for hydroxylation is 3. The van der Waals surface area contributed by atoms with Gasteiger partial charge in [0.15, 0.2) is 0 Å². The van der Waals surface area contributed by atoms with Gasteiger partial charge in [-0.3, -0.25) is 9.52 Å². The second kappa shape index (κ2) is 7.86. The molecule has 0 aliphatic rings. The molecule has 0 bridgehead atoms. The van der Waals surface area contributed by atoms with Crippen LogP contribution in [-0.4, -0.2) is 14.3 Å². The quantitative estimate of drug-likeness (QED) is 0.661. The summed E-state index contributed by atoms with van der Waals surface area (Å²) in [6.07, 6.45) is 0. The van der Waals surface area contributed by atoms with Crippen LogP contribution in [0.5, 0.6) is 0 Å². The molecule has 0 aliphatic carbocycles. The molecule has 3 rings (SSSR count). The van der Waals surface area contributed by atoms with Crippen LogP contribution < -0.4 is 10.0 Å². The van der Waals surface area contributed by atoms with Gasteiger partial charge in [-0.15, -0.1) is 0 Å². The van der Waals surface area contributed by atoms with Crippen LogP contribution in [0, 0.1) is 20.8 Å².